The fourth-order valence-corrected chi connectivity index (χ4v) is 2.47. The maximum Gasteiger partial charge on any atom is 0.322 e. The molecule has 1 fully saturated rings. The highest BCUT2D eigenvalue weighted by atomic mass is 16.5. The van der Waals surface area contributed by atoms with E-state index in [2.05, 4.69) is 24.1 Å². The van der Waals surface area contributed by atoms with Gasteiger partial charge in [-0.15, -0.1) is 0 Å². The number of pyridine rings is 1. The molecule has 1 aliphatic heterocycles. The van der Waals surface area contributed by atoms with E-state index in [1.165, 1.54) is 0 Å². The summed E-state index contributed by atoms with van der Waals surface area (Å²) in [6.07, 6.45) is 2.96. The monoisotopic (exact) mass is 345 g/mol. The third-order valence-corrected chi connectivity index (χ3v) is 3.77. The Morgan fingerprint density at radius 1 is 1.44 bits per heavy atom. The number of furan rings is 1. The molecular weight excluding hydrogens is 322 g/mol. The molecule has 0 aliphatic carbocycles. The van der Waals surface area contributed by atoms with E-state index in [-0.39, 0.29) is 12.1 Å². The number of carbonyl (C=O) groups is 1. The van der Waals surface area contributed by atoms with Crippen LogP contribution < -0.4 is 10.1 Å². The molecule has 2 aromatic rings. The van der Waals surface area contributed by atoms with Crippen LogP contribution in [0.25, 0.3) is 0 Å². The normalized spacial score (nSPS) is 17.6. The highest BCUT2D eigenvalue weighted by Crippen LogP contribution is 2.23. The third-order valence-electron chi connectivity index (χ3n) is 3.77. The van der Waals surface area contributed by atoms with Gasteiger partial charge in [-0.25, -0.2) is 9.78 Å². The minimum Gasteiger partial charge on any atom is -0.477 e. The number of carbonyl (C=O) groups excluding carboxylic acids is 1. The smallest absolute Gasteiger partial charge is 0.322 e. The van der Waals surface area contributed by atoms with Gasteiger partial charge in [0, 0.05) is 12.6 Å². The fourth-order valence-electron chi connectivity index (χ4n) is 2.47. The van der Waals surface area contributed by atoms with Gasteiger partial charge in [-0.1, -0.05) is 13.8 Å². The summed E-state index contributed by atoms with van der Waals surface area (Å²) in [5, 5.41) is 2.85. The van der Waals surface area contributed by atoms with Gasteiger partial charge in [0.25, 0.3) is 0 Å². The number of aromatic nitrogens is 1. The second kappa shape index (κ2) is 8.02. The van der Waals surface area contributed by atoms with Crippen molar-refractivity contribution in [3.05, 3.63) is 42.5 Å². The van der Waals surface area contributed by atoms with E-state index in [1.807, 2.05) is 12.1 Å². The number of rotatable bonds is 5. The standard InChI is InChI=1S/C18H23N3O4/c1-13(2)12-25-17-6-5-14(10-19-17)20-18(22)21-7-9-24-16(11-21)15-4-3-8-23-15/h3-6,8,10,13,16H,7,9,11-12H2,1-2H3,(H,20,22). The van der Waals surface area contributed by atoms with Crippen LogP contribution in [0.5, 0.6) is 5.88 Å². The number of anilines is 1. The Morgan fingerprint density at radius 3 is 3.00 bits per heavy atom. The molecule has 0 spiro atoms. The first-order valence-corrected chi connectivity index (χ1v) is 8.41. The van der Waals surface area contributed by atoms with Gasteiger partial charge >= 0.3 is 6.03 Å². The zero-order valence-corrected chi connectivity index (χ0v) is 14.5. The average Bonchev–Trinajstić information content (AvgIpc) is 3.16. The second-order valence-electron chi connectivity index (χ2n) is 6.34. The largest absolute Gasteiger partial charge is 0.477 e. The molecule has 25 heavy (non-hydrogen) atoms. The lowest BCUT2D eigenvalue weighted by atomic mass is 10.2. The van der Waals surface area contributed by atoms with Crippen molar-refractivity contribution in [1.82, 2.24) is 9.88 Å². The van der Waals surface area contributed by atoms with E-state index in [9.17, 15) is 4.79 Å². The molecule has 0 bridgehead atoms. The molecule has 0 aromatic carbocycles. The zero-order valence-electron chi connectivity index (χ0n) is 14.5. The minimum atomic E-state index is -0.237. The Hall–Kier alpha value is -2.54. The molecule has 1 atom stereocenters. The molecule has 0 radical (unpaired) electrons. The molecule has 134 valence electrons. The van der Waals surface area contributed by atoms with E-state index in [1.54, 1.807) is 29.5 Å². The van der Waals surface area contributed by atoms with Crippen LogP contribution in [-0.4, -0.2) is 42.2 Å². The number of nitrogens with one attached hydrogen (secondary N) is 1. The lowest BCUT2D eigenvalue weighted by molar-refractivity contribution is -0.0242. The number of ether oxygens (including phenoxy) is 2. The lowest BCUT2D eigenvalue weighted by Gasteiger charge is -2.31. The number of hydrogen-bond donors (Lipinski definition) is 1. The van der Waals surface area contributed by atoms with E-state index in [4.69, 9.17) is 13.9 Å². The number of amides is 2. The highest BCUT2D eigenvalue weighted by molar-refractivity contribution is 5.89. The summed E-state index contributed by atoms with van der Waals surface area (Å²) in [6.45, 7) is 6.22. The molecule has 1 unspecified atom stereocenters. The summed E-state index contributed by atoms with van der Waals surface area (Å²) in [4.78, 5) is 18.4. The van der Waals surface area contributed by atoms with Gasteiger partial charge in [-0.2, -0.15) is 0 Å². The van der Waals surface area contributed by atoms with Crippen LogP contribution in [-0.2, 0) is 4.74 Å². The van der Waals surface area contributed by atoms with E-state index in [0.717, 1.165) is 5.76 Å². The first-order chi connectivity index (χ1) is 12.1. The number of hydrogen-bond acceptors (Lipinski definition) is 5. The van der Waals surface area contributed by atoms with E-state index in [0.29, 0.717) is 43.8 Å². The van der Waals surface area contributed by atoms with Gasteiger partial charge in [0.05, 0.1) is 37.9 Å². The van der Waals surface area contributed by atoms with Crippen molar-refractivity contribution in [2.75, 3.05) is 31.6 Å². The van der Waals surface area contributed by atoms with Gasteiger partial charge in [0.2, 0.25) is 5.88 Å². The van der Waals surface area contributed by atoms with Crippen LogP contribution in [0.4, 0.5) is 10.5 Å². The van der Waals surface area contributed by atoms with Crippen molar-refractivity contribution in [2.24, 2.45) is 5.92 Å². The maximum atomic E-state index is 12.5. The van der Waals surface area contributed by atoms with Crippen molar-refractivity contribution in [1.29, 1.82) is 0 Å². The molecule has 7 heteroatoms. The fraction of sp³-hybridized carbons (Fsp3) is 0.444. The molecule has 2 aromatic heterocycles. The first kappa shape index (κ1) is 17.3. The summed E-state index contributed by atoms with van der Waals surface area (Å²) >= 11 is 0. The summed E-state index contributed by atoms with van der Waals surface area (Å²) < 4.78 is 16.6. The molecule has 3 rings (SSSR count). The Kier molecular flexibility index (Phi) is 5.55. The summed E-state index contributed by atoms with van der Waals surface area (Å²) in [6, 6.07) is 7.02. The van der Waals surface area contributed by atoms with Crippen molar-refractivity contribution in [3.63, 3.8) is 0 Å². The molecule has 1 N–H and O–H groups in total. The Morgan fingerprint density at radius 2 is 2.32 bits per heavy atom. The number of urea groups is 1. The quantitative estimate of drug-likeness (QED) is 0.899. The van der Waals surface area contributed by atoms with Gasteiger partial charge in [-0.3, -0.25) is 0 Å². The summed E-state index contributed by atoms with van der Waals surface area (Å²) in [7, 11) is 0. The Balaban J connectivity index is 1.54. The summed E-state index contributed by atoms with van der Waals surface area (Å²) in [5.74, 6) is 1.71. The molecule has 7 nitrogen and oxygen atoms in total. The molecule has 3 heterocycles. The van der Waals surface area contributed by atoms with Gasteiger partial charge < -0.3 is 24.1 Å². The van der Waals surface area contributed by atoms with Crippen LogP contribution in [0.15, 0.2) is 41.1 Å². The third kappa shape index (κ3) is 4.73. The van der Waals surface area contributed by atoms with Crippen LogP contribution in [0, 0.1) is 5.92 Å². The van der Waals surface area contributed by atoms with Gasteiger partial charge in [-0.05, 0) is 24.1 Å². The molecule has 1 aliphatic rings. The number of morpholine rings is 1. The zero-order chi connectivity index (χ0) is 17.6. The van der Waals surface area contributed by atoms with Crippen LogP contribution >= 0.6 is 0 Å². The Bertz CT molecular complexity index is 670. The van der Waals surface area contributed by atoms with Crippen LogP contribution in [0.1, 0.15) is 25.7 Å². The lowest BCUT2D eigenvalue weighted by Crippen LogP contribution is -2.44. The van der Waals surface area contributed by atoms with Gasteiger partial charge in [0.1, 0.15) is 11.9 Å². The van der Waals surface area contributed by atoms with Crippen molar-refractivity contribution in [3.8, 4) is 5.88 Å². The Labute approximate surface area is 146 Å². The second-order valence-corrected chi connectivity index (χ2v) is 6.34. The van der Waals surface area contributed by atoms with Gasteiger partial charge in [0.15, 0.2) is 0 Å². The first-order valence-electron chi connectivity index (χ1n) is 8.41. The molecular formula is C18H23N3O4. The van der Waals surface area contributed by atoms with Crippen LogP contribution in [0.3, 0.4) is 0 Å². The highest BCUT2D eigenvalue weighted by Gasteiger charge is 2.27. The molecule has 0 saturated carbocycles. The predicted molar refractivity (Wildman–Crippen MR) is 92.6 cm³/mol. The van der Waals surface area contributed by atoms with Crippen molar-refractivity contribution >= 4 is 11.7 Å². The average molecular weight is 345 g/mol. The van der Waals surface area contributed by atoms with Crippen molar-refractivity contribution < 1.29 is 18.7 Å². The van der Waals surface area contributed by atoms with E-state index < -0.39 is 0 Å². The SMILES string of the molecule is CC(C)COc1ccc(NC(=O)N2CCOC(c3ccco3)C2)cn1. The number of nitrogens with zero attached hydrogens (tertiary/aromatic N) is 2. The summed E-state index contributed by atoms with van der Waals surface area (Å²) in [5.41, 5.74) is 0.628. The molecule has 1 saturated heterocycles. The maximum absolute atomic E-state index is 12.5. The molecule has 2 amide bonds. The minimum absolute atomic E-state index is 0.183. The van der Waals surface area contributed by atoms with E-state index >= 15 is 0 Å². The predicted octanol–water partition coefficient (Wildman–Crippen LogP) is 3.31. The van der Waals surface area contributed by atoms with Crippen LogP contribution in [0.2, 0.25) is 0 Å². The van der Waals surface area contributed by atoms with Crippen molar-refractivity contribution in [2.45, 2.75) is 20.0 Å². The topological polar surface area (TPSA) is 76.8 Å².